The first-order valence-electron chi connectivity index (χ1n) is 2.20. The molecular formula is C4H2Na2O5. The second kappa shape index (κ2) is 5.53. The summed E-state index contributed by atoms with van der Waals surface area (Å²) in [4.78, 5) is 19.5. The summed E-state index contributed by atoms with van der Waals surface area (Å²) >= 11 is 0. The molecule has 5 nitrogen and oxygen atoms in total. The van der Waals surface area contributed by atoms with E-state index in [9.17, 15) is 19.8 Å². The van der Waals surface area contributed by atoms with Gasteiger partial charge in [-0.05, 0) is 0 Å². The molecule has 0 aromatic carbocycles. The average molecular weight is 176 g/mol. The van der Waals surface area contributed by atoms with Gasteiger partial charge < -0.3 is 24.5 Å². The molecular weight excluding hydrogens is 174 g/mol. The fourth-order valence-electron chi connectivity index (χ4n) is 0.471. The number of carboxylic acid groups (broad SMARTS) is 2. The number of carboxylic acids is 2. The van der Waals surface area contributed by atoms with Crippen LogP contribution in [-0.2, 0) is 14.3 Å². The third-order valence-electron chi connectivity index (χ3n) is 0.956. The summed E-state index contributed by atoms with van der Waals surface area (Å²) in [5.41, 5.74) is 0. The zero-order valence-corrected chi connectivity index (χ0v) is 10.2. The second-order valence-corrected chi connectivity index (χ2v) is 1.62. The van der Waals surface area contributed by atoms with Gasteiger partial charge in [-0.2, -0.15) is 0 Å². The Hall–Kier alpha value is 0.900. The van der Waals surface area contributed by atoms with Crippen molar-refractivity contribution in [2.75, 3.05) is 0 Å². The summed E-state index contributed by atoms with van der Waals surface area (Å²) in [5.74, 6) is -3.02. The third kappa shape index (κ3) is 3.89. The summed E-state index contributed by atoms with van der Waals surface area (Å²) in [7, 11) is 0. The van der Waals surface area contributed by atoms with Crippen molar-refractivity contribution in [2.24, 2.45) is 0 Å². The summed E-state index contributed by atoms with van der Waals surface area (Å²) in [5, 5.41) is 19.5. The minimum absolute atomic E-state index is 0. The van der Waals surface area contributed by atoms with Gasteiger partial charge in [-0.3, -0.25) is 0 Å². The molecule has 0 unspecified atom stereocenters. The first-order chi connectivity index (χ1) is 4.13. The van der Waals surface area contributed by atoms with Crippen molar-refractivity contribution in [3.63, 3.8) is 0 Å². The van der Waals surface area contributed by atoms with E-state index in [4.69, 9.17) is 0 Å². The maximum absolute atomic E-state index is 9.75. The van der Waals surface area contributed by atoms with Crippen molar-refractivity contribution < 1.29 is 83.7 Å². The van der Waals surface area contributed by atoms with Gasteiger partial charge in [0.05, 0.1) is 11.9 Å². The molecule has 0 saturated carbocycles. The Balaban J connectivity index is 0. The van der Waals surface area contributed by atoms with E-state index in [0.29, 0.717) is 0 Å². The predicted molar refractivity (Wildman–Crippen MR) is 18.7 cm³/mol. The molecule has 0 radical (unpaired) electrons. The summed E-state index contributed by atoms with van der Waals surface area (Å²) < 4.78 is 4.12. The summed E-state index contributed by atoms with van der Waals surface area (Å²) in [6, 6.07) is 0. The van der Waals surface area contributed by atoms with Crippen LogP contribution >= 0.6 is 0 Å². The van der Waals surface area contributed by atoms with Gasteiger partial charge >= 0.3 is 59.1 Å². The third-order valence-corrected chi connectivity index (χ3v) is 0.956. The van der Waals surface area contributed by atoms with Gasteiger partial charge in [0.2, 0.25) is 0 Å². The Kier molecular flexibility index (Phi) is 7.25. The molecule has 1 heterocycles. The zero-order chi connectivity index (χ0) is 7.02. The molecule has 0 amide bonds. The van der Waals surface area contributed by atoms with E-state index in [0.717, 1.165) is 0 Å². The van der Waals surface area contributed by atoms with E-state index in [1.54, 1.807) is 0 Å². The predicted octanol–water partition coefficient (Wildman–Crippen LogP) is -9.74. The maximum Gasteiger partial charge on any atom is 1.00 e. The van der Waals surface area contributed by atoms with Crippen molar-refractivity contribution in [1.29, 1.82) is 0 Å². The molecule has 0 spiro atoms. The summed E-state index contributed by atoms with van der Waals surface area (Å²) in [6.45, 7) is 0. The van der Waals surface area contributed by atoms with Crippen LogP contribution in [0.2, 0.25) is 0 Å². The molecule has 2 atom stereocenters. The number of aliphatic carboxylic acids is 2. The molecule has 1 fully saturated rings. The largest absolute Gasteiger partial charge is 1.00 e. The van der Waals surface area contributed by atoms with Crippen LogP contribution in [0.4, 0.5) is 0 Å². The topological polar surface area (TPSA) is 92.8 Å². The number of hydrogen-bond acceptors (Lipinski definition) is 5. The van der Waals surface area contributed by atoms with Gasteiger partial charge in [0.15, 0.2) is 0 Å². The Morgan fingerprint density at radius 1 is 1.00 bits per heavy atom. The summed E-state index contributed by atoms with van der Waals surface area (Å²) in [6.07, 6.45) is -2.59. The molecule has 11 heavy (non-hydrogen) atoms. The van der Waals surface area contributed by atoms with Gasteiger partial charge in [0.25, 0.3) is 0 Å². The van der Waals surface area contributed by atoms with E-state index >= 15 is 0 Å². The SMILES string of the molecule is O=C([O-])[C@H]1O[C@@H]1C(=O)[O-].[Na+].[Na+]. The van der Waals surface area contributed by atoms with Crippen molar-refractivity contribution in [3.8, 4) is 0 Å². The van der Waals surface area contributed by atoms with Crippen LogP contribution < -0.4 is 69.3 Å². The fraction of sp³-hybridized carbons (Fsp3) is 0.500. The Labute approximate surface area is 107 Å². The van der Waals surface area contributed by atoms with Crippen molar-refractivity contribution in [2.45, 2.75) is 12.2 Å². The van der Waals surface area contributed by atoms with Crippen molar-refractivity contribution in [3.05, 3.63) is 0 Å². The van der Waals surface area contributed by atoms with Crippen molar-refractivity contribution >= 4 is 11.9 Å². The van der Waals surface area contributed by atoms with Crippen LogP contribution in [0.5, 0.6) is 0 Å². The standard InChI is InChI=1S/C4H4O5.2Na/c5-3(6)1-2(9-1)4(7)8;;/h1-2H,(H,5,6)(H,7,8);;/q;2*+1/p-2/t1-,2-;;/m0../s1. The Bertz CT molecular complexity index is 152. The smallest absolute Gasteiger partial charge is 0.547 e. The number of carbonyl (C=O) groups excluding carboxylic acids is 2. The van der Waals surface area contributed by atoms with Crippen LogP contribution in [0.25, 0.3) is 0 Å². The zero-order valence-electron chi connectivity index (χ0n) is 6.20. The molecule has 0 aromatic heterocycles. The molecule has 0 bridgehead atoms. The fourth-order valence-corrected chi connectivity index (χ4v) is 0.471. The monoisotopic (exact) mass is 176 g/mol. The van der Waals surface area contributed by atoms with Crippen LogP contribution in [-0.4, -0.2) is 24.1 Å². The molecule has 0 aromatic rings. The molecule has 0 N–H and O–H groups in total. The van der Waals surface area contributed by atoms with E-state index in [2.05, 4.69) is 4.74 Å². The first kappa shape index (κ1) is 14.4. The first-order valence-corrected chi connectivity index (χ1v) is 2.20. The average Bonchev–Trinajstić information content (AvgIpc) is 2.39. The molecule has 1 rings (SSSR count). The van der Waals surface area contributed by atoms with Crippen molar-refractivity contribution in [1.82, 2.24) is 0 Å². The van der Waals surface area contributed by atoms with Gasteiger partial charge in [0, 0.05) is 0 Å². The Morgan fingerprint density at radius 3 is 1.36 bits per heavy atom. The van der Waals surface area contributed by atoms with Crippen LogP contribution in [0.15, 0.2) is 0 Å². The van der Waals surface area contributed by atoms with E-state index in [1.807, 2.05) is 0 Å². The number of carbonyl (C=O) groups is 2. The number of hydrogen-bond donors (Lipinski definition) is 0. The van der Waals surface area contributed by atoms with Crippen LogP contribution in [0, 0.1) is 0 Å². The van der Waals surface area contributed by atoms with E-state index < -0.39 is 24.1 Å². The van der Waals surface area contributed by atoms with E-state index in [1.165, 1.54) is 0 Å². The molecule has 7 heteroatoms. The van der Waals surface area contributed by atoms with Gasteiger partial charge in [-0.1, -0.05) is 0 Å². The number of epoxide rings is 1. The molecule has 1 saturated heterocycles. The van der Waals surface area contributed by atoms with E-state index in [-0.39, 0.29) is 59.1 Å². The van der Waals surface area contributed by atoms with Crippen LogP contribution in [0.1, 0.15) is 0 Å². The quantitative estimate of drug-likeness (QED) is 0.307. The second-order valence-electron chi connectivity index (χ2n) is 1.62. The molecule has 0 aliphatic carbocycles. The number of ether oxygens (including phenoxy) is 1. The Morgan fingerprint density at radius 2 is 1.27 bits per heavy atom. The molecule has 50 valence electrons. The number of rotatable bonds is 2. The maximum atomic E-state index is 9.75. The van der Waals surface area contributed by atoms with Crippen LogP contribution in [0.3, 0.4) is 0 Å². The van der Waals surface area contributed by atoms with Gasteiger partial charge in [0.1, 0.15) is 12.2 Å². The molecule has 1 aliphatic rings. The molecule has 1 aliphatic heterocycles. The van der Waals surface area contributed by atoms with Gasteiger partial charge in [-0.25, -0.2) is 0 Å². The van der Waals surface area contributed by atoms with Gasteiger partial charge in [-0.15, -0.1) is 0 Å². The minimum Gasteiger partial charge on any atom is -0.547 e. The normalized spacial score (nSPS) is 25.8. The minimum atomic E-state index is -1.51.